The molecule has 0 heterocycles. The van der Waals surface area contributed by atoms with Gasteiger partial charge in [0.2, 0.25) is 0 Å². The molecule has 5 nitrogen and oxygen atoms in total. The molecule has 21 heavy (non-hydrogen) atoms. The molecule has 1 aromatic rings. The van der Waals surface area contributed by atoms with Crippen LogP contribution in [0.3, 0.4) is 0 Å². The van der Waals surface area contributed by atoms with Crippen LogP contribution in [0.1, 0.15) is 24.5 Å². The van der Waals surface area contributed by atoms with Crippen LogP contribution in [0, 0.1) is 4.78 Å². The van der Waals surface area contributed by atoms with Gasteiger partial charge in [-0.05, 0) is 24.6 Å². The lowest BCUT2D eigenvalue weighted by Crippen LogP contribution is -2.13. The normalized spacial score (nSPS) is 11.4. The minimum Gasteiger partial charge on any atom is -0.399 e. The summed E-state index contributed by atoms with van der Waals surface area (Å²) >= 11 is 5.70. The van der Waals surface area contributed by atoms with Crippen molar-refractivity contribution in [2.45, 2.75) is 19.5 Å². The molecule has 10 heteroatoms. The van der Waals surface area contributed by atoms with E-state index in [1.807, 2.05) is 0 Å². The summed E-state index contributed by atoms with van der Waals surface area (Å²) in [4.78, 5) is 4.53. The molecule has 0 saturated heterocycles. The summed E-state index contributed by atoms with van der Waals surface area (Å²) in [6.07, 6.45) is -4.12. The van der Waals surface area contributed by atoms with Crippen LogP contribution >= 0.6 is 11.6 Å². The van der Waals surface area contributed by atoms with Gasteiger partial charge in [0.15, 0.2) is 0 Å². The Kier molecular flexibility index (Phi) is 7.97. The zero-order chi connectivity index (χ0) is 16.6. The zero-order valence-corrected chi connectivity index (χ0v) is 12.6. The van der Waals surface area contributed by atoms with Crippen LogP contribution in [0.2, 0.25) is 5.02 Å². The second kappa shape index (κ2) is 8.63. The van der Waals surface area contributed by atoms with Crippen LogP contribution in [-0.2, 0) is 21.5 Å². The second-order valence-electron chi connectivity index (χ2n) is 3.50. The molecule has 0 saturated carbocycles. The number of benzene rings is 1. The van der Waals surface area contributed by atoms with E-state index in [0.29, 0.717) is 6.42 Å². The molecule has 0 spiro atoms. The van der Waals surface area contributed by atoms with E-state index in [4.69, 9.17) is 24.8 Å². The molecule has 0 aromatic heterocycles. The highest BCUT2D eigenvalue weighted by Gasteiger charge is 2.34. The Morgan fingerprint density at radius 2 is 1.95 bits per heavy atom. The minimum atomic E-state index is -4.44. The first-order valence-electron chi connectivity index (χ1n) is 5.41. The number of halogens is 4. The van der Waals surface area contributed by atoms with E-state index in [0.717, 1.165) is 6.07 Å². The van der Waals surface area contributed by atoms with Crippen molar-refractivity contribution in [2.75, 3.05) is 7.11 Å². The zero-order valence-electron chi connectivity index (χ0n) is 11.0. The summed E-state index contributed by atoms with van der Waals surface area (Å²) in [5, 5.41) is 3.81. The topological polar surface area (TPSA) is 79.6 Å². The third-order valence-electron chi connectivity index (χ3n) is 2.13. The molecule has 0 bridgehead atoms. The Morgan fingerprint density at radius 3 is 2.33 bits per heavy atom. The fourth-order valence-electron chi connectivity index (χ4n) is 1.42. The van der Waals surface area contributed by atoms with Crippen LogP contribution in [0.25, 0.3) is 0 Å². The molecular formula is C11H12ClF3N2O3S. The molecule has 0 fully saturated rings. The van der Waals surface area contributed by atoms with Gasteiger partial charge in [0.1, 0.15) is 7.11 Å². The first-order chi connectivity index (χ1) is 9.63. The van der Waals surface area contributed by atoms with Crippen molar-refractivity contribution in [2.24, 2.45) is 5.16 Å². The predicted molar refractivity (Wildman–Crippen MR) is 71.9 cm³/mol. The van der Waals surface area contributed by atoms with Gasteiger partial charge in [-0.25, -0.2) is 0 Å². The van der Waals surface area contributed by atoms with Gasteiger partial charge < -0.3 is 4.84 Å². The Labute approximate surface area is 125 Å². The third kappa shape index (κ3) is 7.09. The first kappa shape index (κ1) is 19.4. The summed E-state index contributed by atoms with van der Waals surface area (Å²) in [7, 11) is -1.33. The molecular weight excluding hydrogens is 333 g/mol. The van der Waals surface area contributed by atoms with Crippen LogP contribution in [0.5, 0.6) is 0 Å². The lowest BCUT2D eigenvalue weighted by molar-refractivity contribution is -0.137. The molecule has 1 N–H and O–H groups in total. The molecule has 0 radical (unpaired) electrons. The Balaban J connectivity index is 0.000000885. The quantitative estimate of drug-likeness (QED) is 0.670. The number of alkyl halides is 3. The average Bonchev–Trinajstić information content (AvgIpc) is 2.33. The highest BCUT2D eigenvalue weighted by Crippen LogP contribution is 2.34. The first-order valence-corrected chi connectivity index (χ1v) is 6.86. The molecule has 0 aliphatic rings. The minimum absolute atomic E-state index is 0.0469. The van der Waals surface area contributed by atoms with Crippen LogP contribution in [0.15, 0.2) is 23.4 Å². The molecule has 0 atom stereocenters. The fourth-order valence-corrected chi connectivity index (χ4v) is 1.59. The molecule has 0 aliphatic heterocycles. The van der Waals surface area contributed by atoms with Gasteiger partial charge in [0, 0.05) is 10.6 Å². The van der Waals surface area contributed by atoms with Gasteiger partial charge in [-0.15, -0.1) is 0 Å². The highest BCUT2D eigenvalue weighted by atomic mass is 35.5. The summed E-state index contributed by atoms with van der Waals surface area (Å²) in [6, 6.07) is 3.39. The summed E-state index contributed by atoms with van der Waals surface area (Å²) < 4.78 is 61.2. The highest BCUT2D eigenvalue weighted by molar-refractivity contribution is 7.60. The second-order valence-corrected chi connectivity index (χ2v) is 4.40. The van der Waals surface area contributed by atoms with E-state index in [1.54, 1.807) is 6.92 Å². The molecule has 0 amide bonds. The van der Waals surface area contributed by atoms with Gasteiger partial charge in [-0.1, -0.05) is 23.7 Å². The van der Waals surface area contributed by atoms with Crippen molar-refractivity contribution in [3.63, 3.8) is 0 Å². The molecule has 0 aliphatic carbocycles. The Morgan fingerprint density at radius 1 is 1.43 bits per heavy atom. The SMILES string of the molecule is CC/C(=N\OC)c1cc(Cl)ccc1C(F)(F)F.N=S(=O)=O. The van der Waals surface area contributed by atoms with Crippen LogP contribution in [0.4, 0.5) is 13.2 Å². The van der Waals surface area contributed by atoms with Crippen LogP contribution < -0.4 is 0 Å². The summed E-state index contributed by atoms with van der Waals surface area (Å²) in [5.74, 6) is 0. The van der Waals surface area contributed by atoms with Crippen molar-refractivity contribution >= 4 is 27.8 Å². The number of nitrogens with zero attached hydrogens (tertiary/aromatic N) is 1. The smallest absolute Gasteiger partial charge is 0.399 e. The maximum atomic E-state index is 12.8. The van der Waals surface area contributed by atoms with Gasteiger partial charge in [0.05, 0.1) is 11.3 Å². The monoisotopic (exact) mass is 344 g/mol. The average molecular weight is 345 g/mol. The van der Waals surface area contributed by atoms with Crippen molar-refractivity contribution in [1.29, 1.82) is 4.78 Å². The summed E-state index contributed by atoms with van der Waals surface area (Å²) in [5.41, 5.74) is -0.601. The number of hydrogen-bond acceptors (Lipinski definition) is 5. The van der Waals surface area contributed by atoms with Crippen molar-refractivity contribution in [1.82, 2.24) is 0 Å². The van der Waals surface area contributed by atoms with E-state index in [9.17, 15) is 13.2 Å². The molecule has 0 unspecified atom stereocenters. The maximum Gasteiger partial charge on any atom is 0.417 e. The van der Waals surface area contributed by atoms with Crippen LogP contribution in [-0.4, -0.2) is 21.2 Å². The number of nitrogens with one attached hydrogen (secondary N) is 1. The van der Waals surface area contributed by atoms with Gasteiger partial charge in [0.25, 0.3) is 0 Å². The predicted octanol–water partition coefficient (Wildman–Crippen LogP) is 3.75. The van der Waals surface area contributed by atoms with Crippen molar-refractivity contribution < 1.29 is 26.4 Å². The standard InChI is InChI=1S/C11H11ClF3NO.HNO2S/c1-3-10(16-17-2)8-6-7(12)4-5-9(8)11(13,14)15;1-4(2)3/h4-6H,3H2,1-2H3;1H/b16-10+;. The van der Waals surface area contributed by atoms with E-state index in [1.165, 1.54) is 19.2 Å². The fraction of sp³-hybridized carbons (Fsp3) is 0.364. The van der Waals surface area contributed by atoms with E-state index < -0.39 is 22.2 Å². The molecule has 1 aromatic carbocycles. The molecule has 118 valence electrons. The Hall–Kier alpha value is -1.61. The van der Waals surface area contributed by atoms with Gasteiger partial charge in [-0.3, -0.25) is 0 Å². The lowest BCUT2D eigenvalue weighted by Gasteiger charge is -2.13. The largest absolute Gasteiger partial charge is 0.417 e. The van der Waals surface area contributed by atoms with Crippen molar-refractivity contribution in [3.8, 4) is 0 Å². The number of oxime groups is 1. The van der Waals surface area contributed by atoms with E-state index in [-0.39, 0.29) is 16.3 Å². The van der Waals surface area contributed by atoms with Gasteiger partial charge >= 0.3 is 16.7 Å². The molecule has 1 rings (SSSR count). The lowest BCUT2D eigenvalue weighted by atomic mass is 10.0. The number of rotatable bonds is 3. The van der Waals surface area contributed by atoms with E-state index >= 15 is 0 Å². The Bertz CT molecular complexity index is 608. The van der Waals surface area contributed by atoms with Crippen molar-refractivity contribution in [3.05, 3.63) is 34.3 Å². The van der Waals surface area contributed by atoms with E-state index in [2.05, 4.69) is 9.99 Å². The third-order valence-corrected chi connectivity index (χ3v) is 2.37. The summed E-state index contributed by atoms with van der Waals surface area (Å²) in [6.45, 7) is 1.69. The number of hydrogen-bond donors (Lipinski definition) is 1. The maximum absolute atomic E-state index is 12.8. The van der Waals surface area contributed by atoms with Gasteiger partial charge in [-0.2, -0.15) is 26.4 Å².